The molecule has 2 heterocycles. The van der Waals surface area contributed by atoms with Crippen LogP contribution in [0, 0.1) is 0 Å². The molecule has 30 heavy (non-hydrogen) atoms. The molecule has 0 radical (unpaired) electrons. The van der Waals surface area contributed by atoms with Gasteiger partial charge in [-0.3, -0.25) is 13.7 Å². The van der Waals surface area contributed by atoms with Crippen LogP contribution in [0.4, 0.5) is 11.4 Å². The lowest BCUT2D eigenvalue weighted by molar-refractivity contribution is 0.0693. The molecule has 1 aliphatic rings. The fourth-order valence-electron chi connectivity index (χ4n) is 3.29. The zero-order valence-corrected chi connectivity index (χ0v) is 17.0. The summed E-state index contributed by atoms with van der Waals surface area (Å²) < 4.78 is 27.3. The largest absolute Gasteiger partial charge is 0.467 e. The van der Waals surface area contributed by atoms with E-state index in [0.29, 0.717) is 29.1 Å². The Bertz CT molecular complexity index is 1100. The van der Waals surface area contributed by atoms with Gasteiger partial charge in [0.15, 0.2) is 0 Å². The van der Waals surface area contributed by atoms with Gasteiger partial charge in [-0.05, 0) is 54.1 Å². The third-order valence-electron chi connectivity index (χ3n) is 4.95. The first-order chi connectivity index (χ1) is 14.4. The minimum atomic E-state index is -2.10. The smallest absolute Gasteiger partial charge is 0.274 e. The van der Waals surface area contributed by atoms with Crippen LogP contribution in [-0.2, 0) is 11.3 Å². The number of amides is 1. The van der Waals surface area contributed by atoms with Crippen molar-refractivity contribution in [3.63, 3.8) is 0 Å². The van der Waals surface area contributed by atoms with Gasteiger partial charge in [-0.2, -0.15) is 5.10 Å². The van der Waals surface area contributed by atoms with Gasteiger partial charge in [0.2, 0.25) is 0 Å². The number of furan rings is 1. The summed E-state index contributed by atoms with van der Waals surface area (Å²) in [4.78, 5) is 13.1. The highest BCUT2D eigenvalue weighted by Gasteiger charge is 2.35. The number of rotatable bonds is 5. The Labute approximate surface area is 176 Å². The normalized spacial score (nSPS) is 16.9. The summed E-state index contributed by atoms with van der Waals surface area (Å²) in [5.41, 5.74) is 8.92. The molecule has 0 fully saturated rings. The summed E-state index contributed by atoms with van der Waals surface area (Å²) in [5, 5.41) is 6.02. The Kier molecular flexibility index (Phi) is 5.39. The van der Waals surface area contributed by atoms with Crippen molar-refractivity contribution in [3.8, 4) is 0 Å². The van der Waals surface area contributed by atoms with Crippen LogP contribution in [0.5, 0.6) is 0 Å². The number of hydrogen-bond acceptors (Lipinski definition) is 5. The van der Waals surface area contributed by atoms with Crippen LogP contribution >= 0.6 is 0 Å². The van der Waals surface area contributed by atoms with E-state index in [2.05, 4.69) is 5.10 Å². The van der Waals surface area contributed by atoms with E-state index in [1.54, 1.807) is 48.7 Å². The van der Waals surface area contributed by atoms with Crippen LogP contribution in [0.1, 0.15) is 34.1 Å². The molecular weight excluding hydrogens is 404 g/mol. The van der Waals surface area contributed by atoms with Gasteiger partial charge >= 0.3 is 0 Å². The van der Waals surface area contributed by atoms with E-state index in [9.17, 15) is 13.6 Å². The zero-order chi connectivity index (χ0) is 21.3. The molecule has 3 aromatic rings. The Hall–Kier alpha value is -3.43. The second-order valence-electron chi connectivity index (χ2n) is 6.83. The second kappa shape index (κ2) is 8.13. The summed E-state index contributed by atoms with van der Waals surface area (Å²) in [6.45, 7) is 0. The van der Waals surface area contributed by atoms with E-state index in [-0.39, 0.29) is 11.9 Å². The summed E-state index contributed by atoms with van der Waals surface area (Å²) in [5.74, 6) is 0.392. The van der Waals surface area contributed by atoms with Gasteiger partial charge < -0.3 is 10.2 Å². The van der Waals surface area contributed by atoms with Crippen molar-refractivity contribution in [2.45, 2.75) is 12.5 Å². The lowest BCUT2D eigenvalue weighted by Crippen LogP contribution is -2.26. The molecule has 3 N–H and O–H groups in total. The Morgan fingerprint density at radius 2 is 1.90 bits per heavy atom. The number of nitrogens with two attached hydrogens (primary N) is 1. The van der Waals surface area contributed by atoms with E-state index in [1.807, 2.05) is 18.2 Å². The van der Waals surface area contributed by atoms with Gasteiger partial charge in [-0.15, -0.1) is 0 Å². The van der Waals surface area contributed by atoms with Crippen molar-refractivity contribution in [1.82, 2.24) is 5.01 Å². The van der Waals surface area contributed by atoms with Crippen LogP contribution in [-0.4, -0.2) is 32.4 Å². The summed E-state index contributed by atoms with van der Waals surface area (Å²) in [6, 6.07) is 17.0. The van der Waals surface area contributed by atoms with Crippen LogP contribution in [0.25, 0.3) is 0 Å². The molecule has 8 nitrogen and oxygen atoms in total. The second-order valence-corrected chi connectivity index (χ2v) is 7.84. The molecule has 4 rings (SSSR count). The first kappa shape index (κ1) is 19.9. The first-order valence-corrected chi connectivity index (χ1v) is 10.3. The van der Waals surface area contributed by atoms with E-state index < -0.39 is 11.3 Å². The number of carbonyl (C=O) groups excluding carboxylic acids is 1. The van der Waals surface area contributed by atoms with Crippen molar-refractivity contribution in [3.05, 3.63) is 83.8 Å². The molecule has 0 aliphatic carbocycles. The van der Waals surface area contributed by atoms with Gasteiger partial charge in [0.05, 0.1) is 17.7 Å². The minimum absolute atomic E-state index is 0.251. The van der Waals surface area contributed by atoms with E-state index in [0.717, 1.165) is 11.3 Å². The summed E-state index contributed by atoms with van der Waals surface area (Å²) in [6.07, 6.45) is 2.05. The van der Waals surface area contributed by atoms with Crippen molar-refractivity contribution < 1.29 is 18.0 Å². The molecular formula is C21H20N4O4S. The van der Waals surface area contributed by atoms with Crippen LogP contribution in [0.15, 0.2) is 76.4 Å². The number of carbonyl (C=O) groups is 1. The van der Waals surface area contributed by atoms with E-state index >= 15 is 0 Å². The third-order valence-corrected chi connectivity index (χ3v) is 5.63. The summed E-state index contributed by atoms with van der Waals surface area (Å²) in [7, 11) is 1.53. The van der Waals surface area contributed by atoms with Crippen molar-refractivity contribution >= 4 is 34.3 Å². The molecule has 0 saturated carbocycles. The number of anilines is 2. The molecule has 0 bridgehead atoms. The van der Waals surface area contributed by atoms with E-state index in [1.165, 1.54) is 16.4 Å². The van der Waals surface area contributed by atoms with Crippen LogP contribution in [0.2, 0.25) is 0 Å². The van der Waals surface area contributed by atoms with Gasteiger partial charge in [0.25, 0.3) is 17.2 Å². The molecule has 0 spiro atoms. The lowest BCUT2D eigenvalue weighted by Gasteiger charge is -2.19. The number of nitrogens with zero attached hydrogens (tertiary/aromatic N) is 3. The zero-order valence-electron chi connectivity index (χ0n) is 16.1. The highest BCUT2D eigenvalue weighted by molar-refractivity contribution is 7.80. The Morgan fingerprint density at radius 1 is 1.20 bits per heavy atom. The predicted molar refractivity (Wildman–Crippen MR) is 115 cm³/mol. The average molecular weight is 424 g/mol. The van der Waals surface area contributed by atoms with Gasteiger partial charge in [0, 0.05) is 24.7 Å². The highest BCUT2D eigenvalue weighted by Crippen LogP contribution is 2.34. The molecule has 154 valence electrons. The van der Waals surface area contributed by atoms with Gasteiger partial charge in [-0.25, -0.2) is 9.22 Å². The van der Waals surface area contributed by atoms with Crippen molar-refractivity contribution in [2.24, 2.45) is 5.10 Å². The molecule has 9 heteroatoms. The van der Waals surface area contributed by atoms with Crippen molar-refractivity contribution in [1.29, 1.82) is 0 Å². The predicted octanol–water partition coefficient (Wildman–Crippen LogP) is 3.43. The van der Waals surface area contributed by atoms with Gasteiger partial charge in [-0.1, -0.05) is 12.1 Å². The fourth-order valence-corrected chi connectivity index (χ4v) is 3.59. The fraction of sp³-hybridized carbons (Fsp3) is 0.143. The van der Waals surface area contributed by atoms with Crippen LogP contribution < -0.4 is 10.0 Å². The van der Waals surface area contributed by atoms with Gasteiger partial charge in [0.1, 0.15) is 11.8 Å². The molecule has 1 amide bonds. The van der Waals surface area contributed by atoms with E-state index in [4.69, 9.17) is 10.2 Å². The monoisotopic (exact) mass is 424 g/mol. The SMILES string of the molecule is CN(c1ccc(C2=NN(C(=O)c3ccc(N)cc3)C(c3ccco3)C2)cc1)S(=O)O. The average Bonchev–Trinajstić information content (AvgIpc) is 3.43. The molecule has 0 saturated heterocycles. The molecule has 1 aromatic heterocycles. The number of hydrazone groups is 1. The maximum absolute atomic E-state index is 13.1. The lowest BCUT2D eigenvalue weighted by atomic mass is 10.0. The quantitative estimate of drug-likeness (QED) is 0.481. The minimum Gasteiger partial charge on any atom is -0.467 e. The maximum atomic E-state index is 13.1. The van der Waals surface area contributed by atoms with Crippen molar-refractivity contribution in [2.75, 3.05) is 17.1 Å². The Balaban J connectivity index is 1.65. The molecule has 1 aliphatic heterocycles. The van der Waals surface area contributed by atoms with Crippen LogP contribution in [0.3, 0.4) is 0 Å². The molecule has 2 aromatic carbocycles. The summed E-state index contributed by atoms with van der Waals surface area (Å²) >= 11 is -2.10. The highest BCUT2D eigenvalue weighted by atomic mass is 32.2. The standard InChI is InChI=1S/C21H20N4O4S/c1-24(30(27)28)17-10-6-14(7-11-17)18-13-19(20-3-2-12-29-20)25(23-18)21(26)15-4-8-16(22)9-5-15/h2-12,19H,13,22H2,1H3,(H,27,28). The number of nitrogen functional groups attached to an aromatic ring is 1. The molecule has 2 atom stereocenters. The maximum Gasteiger partial charge on any atom is 0.274 e. The number of hydrogen-bond donors (Lipinski definition) is 2. The molecule has 2 unspecified atom stereocenters. The number of benzene rings is 2. The first-order valence-electron chi connectivity index (χ1n) is 9.19. The third kappa shape index (κ3) is 3.85. The topological polar surface area (TPSA) is 112 Å². The Morgan fingerprint density at radius 3 is 2.50 bits per heavy atom.